The van der Waals surface area contributed by atoms with Crippen LogP contribution >= 0.6 is 0 Å². The topological polar surface area (TPSA) is 88.3 Å². The average molecular weight is 314 g/mol. The van der Waals surface area contributed by atoms with Gasteiger partial charge in [-0.15, -0.1) is 6.58 Å². The molecule has 0 bridgehead atoms. The summed E-state index contributed by atoms with van der Waals surface area (Å²) < 4.78 is 5.19. The molecule has 23 heavy (non-hydrogen) atoms. The minimum absolute atomic E-state index is 0.0805. The average Bonchev–Trinajstić information content (AvgIpc) is 3.01. The monoisotopic (exact) mass is 314 g/mol. The highest BCUT2D eigenvalue weighted by Gasteiger charge is 2.17. The molecule has 0 spiro atoms. The zero-order chi connectivity index (χ0) is 16.7. The second-order valence-corrected chi connectivity index (χ2v) is 4.85. The molecule has 0 saturated heterocycles. The summed E-state index contributed by atoms with van der Waals surface area (Å²) >= 11 is 0. The van der Waals surface area contributed by atoms with Crippen molar-refractivity contribution < 1.29 is 14.1 Å². The minimum Gasteiger partial charge on any atom is -0.347 e. The molecule has 2 aromatic rings. The first-order valence-corrected chi connectivity index (χ1v) is 7.11. The molecule has 0 aliphatic carbocycles. The standard InChI is InChI=1S/C16H18N4O3/c1-3-9-20(15(22)10-17-12(2)21)11-14-18-16(19-23-14)13-7-5-4-6-8-13/h3-8H,1,9-11H2,2H3,(H,17,21). The van der Waals surface area contributed by atoms with Crippen molar-refractivity contribution >= 4 is 11.8 Å². The van der Waals surface area contributed by atoms with Gasteiger partial charge in [0.25, 0.3) is 0 Å². The summed E-state index contributed by atoms with van der Waals surface area (Å²) in [6.07, 6.45) is 1.60. The fourth-order valence-corrected chi connectivity index (χ4v) is 1.91. The van der Waals surface area contributed by atoms with Crippen molar-refractivity contribution in [2.75, 3.05) is 13.1 Å². The lowest BCUT2D eigenvalue weighted by molar-refractivity contribution is -0.132. The second-order valence-electron chi connectivity index (χ2n) is 4.85. The largest absolute Gasteiger partial charge is 0.347 e. The lowest BCUT2D eigenvalue weighted by Gasteiger charge is -2.19. The molecule has 2 amide bonds. The van der Waals surface area contributed by atoms with Crippen LogP contribution in [0, 0.1) is 0 Å². The van der Waals surface area contributed by atoms with Gasteiger partial charge in [0, 0.05) is 19.0 Å². The molecule has 2 rings (SSSR count). The molecule has 1 aromatic heterocycles. The predicted molar refractivity (Wildman–Crippen MR) is 84.0 cm³/mol. The molecule has 0 atom stereocenters. The van der Waals surface area contributed by atoms with Gasteiger partial charge in [0.1, 0.15) is 6.54 Å². The highest BCUT2D eigenvalue weighted by molar-refractivity contribution is 5.83. The van der Waals surface area contributed by atoms with E-state index in [1.807, 2.05) is 30.3 Å². The van der Waals surface area contributed by atoms with Gasteiger partial charge in [-0.25, -0.2) is 0 Å². The molecule has 0 saturated carbocycles. The minimum atomic E-state index is -0.263. The molecule has 0 aliphatic heterocycles. The Labute approximate surface area is 134 Å². The molecule has 120 valence electrons. The molecule has 7 nitrogen and oxygen atoms in total. The van der Waals surface area contributed by atoms with E-state index in [-0.39, 0.29) is 24.9 Å². The molecule has 1 N–H and O–H groups in total. The number of carbonyl (C=O) groups is 2. The van der Waals surface area contributed by atoms with E-state index in [2.05, 4.69) is 22.0 Å². The van der Waals surface area contributed by atoms with Gasteiger partial charge in [-0.1, -0.05) is 41.6 Å². The number of amides is 2. The Morgan fingerprint density at radius 1 is 1.35 bits per heavy atom. The Balaban J connectivity index is 2.05. The van der Waals surface area contributed by atoms with Crippen LogP contribution in [0.4, 0.5) is 0 Å². The summed E-state index contributed by atoms with van der Waals surface area (Å²) in [4.78, 5) is 28.8. The van der Waals surface area contributed by atoms with Crippen LogP contribution in [-0.2, 0) is 16.1 Å². The Bertz CT molecular complexity index is 682. The van der Waals surface area contributed by atoms with Crippen LogP contribution in [0.3, 0.4) is 0 Å². The molecule has 0 unspecified atom stereocenters. The smallest absolute Gasteiger partial charge is 0.246 e. The highest BCUT2D eigenvalue weighted by atomic mass is 16.5. The first-order valence-electron chi connectivity index (χ1n) is 7.11. The van der Waals surface area contributed by atoms with Crippen molar-refractivity contribution in [2.45, 2.75) is 13.5 Å². The lowest BCUT2D eigenvalue weighted by atomic mass is 10.2. The molecular formula is C16H18N4O3. The molecule has 1 heterocycles. The first-order chi connectivity index (χ1) is 11.1. The summed E-state index contributed by atoms with van der Waals surface area (Å²) in [5.41, 5.74) is 0.836. The molecule has 7 heteroatoms. The number of nitrogens with zero attached hydrogens (tertiary/aromatic N) is 3. The van der Waals surface area contributed by atoms with Crippen molar-refractivity contribution in [3.05, 3.63) is 48.9 Å². The van der Waals surface area contributed by atoms with E-state index < -0.39 is 0 Å². The maximum absolute atomic E-state index is 12.1. The van der Waals surface area contributed by atoms with Crippen molar-refractivity contribution in [1.82, 2.24) is 20.4 Å². The zero-order valence-corrected chi connectivity index (χ0v) is 12.9. The van der Waals surface area contributed by atoms with Crippen LogP contribution < -0.4 is 5.32 Å². The van der Waals surface area contributed by atoms with Crippen molar-refractivity contribution in [1.29, 1.82) is 0 Å². The van der Waals surface area contributed by atoms with E-state index in [0.29, 0.717) is 18.3 Å². The van der Waals surface area contributed by atoms with E-state index in [1.165, 1.54) is 11.8 Å². The van der Waals surface area contributed by atoms with Crippen LogP contribution in [0.2, 0.25) is 0 Å². The summed E-state index contributed by atoms with van der Waals surface area (Å²) in [6, 6.07) is 9.41. The van der Waals surface area contributed by atoms with E-state index in [1.54, 1.807) is 6.08 Å². The summed E-state index contributed by atoms with van der Waals surface area (Å²) in [6.45, 7) is 5.38. The number of carbonyl (C=O) groups excluding carboxylic acids is 2. The second kappa shape index (κ2) is 7.88. The van der Waals surface area contributed by atoms with E-state index in [0.717, 1.165) is 5.56 Å². The third-order valence-corrected chi connectivity index (χ3v) is 3.02. The van der Waals surface area contributed by atoms with Crippen LogP contribution in [0.1, 0.15) is 12.8 Å². The van der Waals surface area contributed by atoms with Crippen LogP contribution in [0.25, 0.3) is 11.4 Å². The van der Waals surface area contributed by atoms with Gasteiger partial charge in [-0.3, -0.25) is 9.59 Å². The fourth-order valence-electron chi connectivity index (χ4n) is 1.91. The SMILES string of the molecule is C=CCN(Cc1nc(-c2ccccc2)no1)C(=O)CNC(C)=O. The van der Waals surface area contributed by atoms with Gasteiger partial charge in [-0.05, 0) is 0 Å². The van der Waals surface area contributed by atoms with Gasteiger partial charge in [0.15, 0.2) is 0 Å². The number of hydrogen-bond acceptors (Lipinski definition) is 5. The quantitative estimate of drug-likeness (QED) is 0.780. The number of aromatic nitrogens is 2. The zero-order valence-electron chi connectivity index (χ0n) is 12.9. The van der Waals surface area contributed by atoms with Crippen LogP contribution in [0.15, 0.2) is 47.5 Å². The van der Waals surface area contributed by atoms with Gasteiger partial charge in [0.2, 0.25) is 23.5 Å². The number of nitrogens with one attached hydrogen (secondary N) is 1. The predicted octanol–water partition coefficient (Wildman–Crippen LogP) is 1.39. The van der Waals surface area contributed by atoms with Crippen LogP contribution in [-0.4, -0.2) is 39.9 Å². The Morgan fingerprint density at radius 2 is 2.09 bits per heavy atom. The van der Waals surface area contributed by atoms with Crippen molar-refractivity contribution in [2.24, 2.45) is 0 Å². The lowest BCUT2D eigenvalue weighted by Crippen LogP contribution is -2.39. The number of benzene rings is 1. The van der Waals surface area contributed by atoms with Crippen molar-refractivity contribution in [3.63, 3.8) is 0 Å². The Kier molecular flexibility index (Phi) is 5.62. The maximum atomic E-state index is 12.1. The number of rotatable bonds is 7. The third-order valence-electron chi connectivity index (χ3n) is 3.02. The normalized spacial score (nSPS) is 10.1. The molecule has 1 aromatic carbocycles. The fraction of sp³-hybridized carbons (Fsp3) is 0.250. The first kappa shape index (κ1) is 16.4. The molecular weight excluding hydrogens is 296 g/mol. The Hall–Kier alpha value is -2.96. The van der Waals surface area contributed by atoms with E-state index in [4.69, 9.17) is 4.52 Å². The Morgan fingerprint density at radius 3 is 2.74 bits per heavy atom. The highest BCUT2D eigenvalue weighted by Crippen LogP contribution is 2.15. The number of hydrogen-bond donors (Lipinski definition) is 1. The van der Waals surface area contributed by atoms with Crippen LogP contribution in [0.5, 0.6) is 0 Å². The van der Waals surface area contributed by atoms with Gasteiger partial charge in [0.05, 0.1) is 6.54 Å². The summed E-state index contributed by atoms with van der Waals surface area (Å²) in [5.74, 6) is 0.274. The van der Waals surface area contributed by atoms with Gasteiger partial charge < -0.3 is 14.7 Å². The van der Waals surface area contributed by atoms with Gasteiger partial charge >= 0.3 is 0 Å². The van der Waals surface area contributed by atoms with Gasteiger partial charge in [-0.2, -0.15) is 4.98 Å². The van der Waals surface area contributed by atoms with E-state index >= 15 is 0 Å². The molecule has 0 aliphatic rings. The maximum Gasteiger partial charge on any atom is 0.246 e. The molecule has 0 fully saturated rings. The molecule has 0 radical (unpaired) electrons. The summed E-state index contributed by atoms with van der Waals surface area (Å²) in [7, 11) is 0. The summed E-state index contributed by atoms with van der Waals surface area (Å²) in [5, 5.41) is 6.38. The van der Waals surface area contributed by atoms with E-state index in [9.17, 15) is 9.59 Å². The van der Waals surface area contributed by atoms with Crippen molar-refractivity contribution in [3.8, 4) is 11.4 Å². The third kappa shape index (κ3) is 4.77.